The summed E-state index contributed by atoms with van der Waals surface area (Å²) in [6, 6.07) is 0. The molecule has 0 aliphatic heterocycles. The summed E-state index contributed by atoms with van der Waals surface area (Å²) in [6.07, 6.45) is 10.8. The fraction of sp³-hybridized carbons (Fsp3) is 0.800. The van der Waals surface area contributed by atoms with Gasteiger partial charge in [-0.25, -0.2) is 0 Å². The lowest BCUT2D eigenvalue weighted by molar-refractivity contribution is -0.310. The van der Waals surface area contributed by atoms with E-state index in [0.717, 1.165) is 12.8 Å². The molecule has 0 fully saturated rings. The zero-order chi connectivity index (χ0) is 21.0. The van der Waals surface area contributed by atoms with Gasteiger partial charge in [0, 0.05) is 32.6 Å². The highest BCUT2D eigenvalue weighted by Crippen LogP contribution is 2.12. The van der Waals surface area contributed by atoms with Crippen LogP contribution in [0.15, 0.2) is 12.3 Å². The largest absolute Gasteiger partial charge is 0.549 e. The third-order valence-electron chi connectivity index (χ3n) is 4.18. The average molecular weight is 401 g/mol. The molecule has 0 bridgehead atoms. The molecule has 0 rings (SSSR count). The van der Waals surface area contributed by atoms with E-state index in [1.54, 1.807) is 4.90 Å². The maximum atomic E-state index is 10.8. The number of ether oxygens (including phenoxy) is 1. The Kier molecular flexibility index (Phi) is 17.6. The van der Waals surface area contributed by atoms with Crippen LogP contribution in [-0.4, -0.2) is 56.2 Å². The highest BCUT2D eigenvalue weighted by molar-refractivity contribution is 5.66. The van der Waals surface area contributed by atoms with Gasteiger partial charge < -0.3 is 29.4 Å². The Morgan fingerprint density at radius 3 is 2.21 bits per heavy atom. The molecule has 0 radical (unpaired) electrons. The van der Waals surface area contributed by atoms with Crippen molar-refractivity contribution in [1.29, 1.82) is 0 Å². The Balaban J connectivity index is 3.70. The summed E-state index contributed by atoms with van der Waals surface area (Å²) in [5.74, 6) is -1.86. The third kappa shape index (κ3) is 19.1. The fourth-order valence-corrected chi connectivity index (χ4v) is 2.67. The van der Waals surface area contributed by atoms with Crippen molar-refractivity contribution in [3.63, 3.8) is 0 Å². The Hall–Kier alpha value is -1.64. The Morgan fingerprint density at radius 1 is 0.964 bits per heavy atom. The second-order valence-corrected chi connectivity index (χ2v) is 6.83. The smallest absolute Gasteiger partial charge is 0.117 e. The Morgan fingerprint density at radius 2 is 1.61 bits per heavy atom. The fourth-order valence-electron chi connectivity index (χ4n) is 2.67. The number of nitrogens with one attached hydrogen (secondary N) is 1. The molecule has 8 nitrogen and oxygen atoms in total. The van der Waals surface area contributed by atoms with Crippen molar-refractivity contribution in [1.82, 2.24) is 10.4 Å². The topological polar surface area (TPSA) is 114 Å². The van der Waals surface area contributed by atoms with Crippen LogP contribution in [0.5, 0.6) is 0 Å². The van der Waals surface area contributed by atoms with Crippen molar-refractivity contribution in [3.05, 3.63) is 12.3 Å². The molecule has 8 heteroatoms. The van der Waals surface area contributed by atoms with E-state index in [1.807, 2.05) is 0 Å². The molecule has 0 atom stereocenters. The number of hydrogen-bond donors (Lipinski definition) is 1. The molecule has 0 saturated carbocycles. The van der Waals surface area contributed by atoms with Gasteiger partial charge >= 0.3 is 0 Å². The Bertz CT molecular complexity index is 431. The molecule has 0 aromatic carbocycles. The minimum atomic E-state index is -1.31. The average Bonchev–Trinajstić information content (AvgIpc) is 2.63. The summed E-state index contributed by atoms with van der Waals surface area (Å²) >= 11 is 0. The number of allylic oxidation sites excluding steroid dienone is 1. The predicted octanol–water partition coefficient (Wildman–Crippen LogP) is 0.371. The first-order valence-electron chi connectivity index (χ1n) is 10.2. The molecule has 0 amide bonds. The van der Waals surface area contributed by atoms with Gasteiger partial charge in [0.25, 0.3) is 0 Å². The second-order valence-electron chi connectivity index (χ2n) is 6.83. The van der Waals surface area contributed by atoms with Gasteiger partial charge in [-0.1, -0.05) is 58.4 Å². The minimum Gasteiger partial charge on any atom is -0.549 e. The van der Waals surface area contributed by atoms with Gasteiger partial charge in [0.15, 0.2) is 0 Å². The lowest BCUT2D eigenvalue weighted by Gasteiger charge is -2.23. The number of carbonyl (C=O) groups excluding carboxylic acids is 2. The van der Waals surface area contributed by atoms with E-state index < -0.39 is 18.5 Å². The number of nitrogens with zero attached hydrogens (tertiary/aromatic N) is 1. The molecule has 0 heterocycles. The van der Waals surface area contributed by atoms with Crippen LogP contribution in [0.3, 0.4) is 0 Å². The highest BCUT2D eigenvalue weighted by Gasteiger charge is 2.06. The van der Waals surface area contributed by atoms with E-state index in [4.69, 9.17) is 9.57 Å². The van der Waals surface area contributed by atoms with E-state index in [1.165, 1.54) is 44.9 Å². The molecule has 0 aliphatic rings. The Labute approximate surface area is 168 Å². The van der Waals surface area contributed by atoms with Crippen LogP contribution in [-0.2, 0) is 19.2 Å². The van der Waals surface area contributed by atoms with Crippen molar-refractivity contribution in [3.8, 4) is 0 Å². The molecule has 0 spiro atoms. The number of carboxylic acid groups (broad SMARTS) is 2. The van der Waals surface area contributed by atoms with Gasteiger partial charge in [-0.2, -0.15) is 5.48 Å². The maximum absolute atomic E-state index is 10.8. The molecule has 0 aromatic rings. The van der Waals surface area contributed by atoms with Crippen LogP contribution in [0.25, 0.3) is 0 Å². The number of carbonyl (C=O) groups is 2. The van der Waals surface area contributed by atoms with Crippen molar-refractivity contribution < 1.29 is 29.4 Å². The van der Waals surface area contributed by atoms with Crippen LogP contribution >= 0.6 is 0 Å². The number of carboxylic acids is 2. The van der Waals surface area contributed by atoms with Crippen LogP contribution in [0.4, 0.5) is 0 Å². The number of hydrogen-bond acceptors (Lipinski definition) is 8. The number of hydroxylamine groups is 1. The molecule has 0 unspecified atom stereocenters. The van der Waals surface area contributed by atoms with E-state index in [-0.39, 0.29) is 19.7 Å². The van der Waals surface area contributed by atoms with Gasteiger partial charge in [-0.05, 0) is 6.42 Å². The van der Waals surface area contributed by atoms with Gasteiger partial charge in [-0.15, -0.1) is 0 Å². The monoisotopic (exact) mass is 400 g/mol. The predicted molar refractivity (Wildman–Crippen MR) is 103 cm³/mol. The third-order valence-corrected chi connectivity index (χ3v) is 4.18. The van der Waals surface area contributed by atoms with Crippen LogP contribution in [0.1, 0.15) is 64.7 Å². The summed E-state index contributed by atoms with van der Waals surface area (Å²) in [7, 11) is 0. The van der Waals surface area contributed by atoms with Crippen LogP contribution < -0.4 is 15.7 Å². The van der Waals surface area contributed by atoms with Gasteiger partial charge in [-0.3, -0.25) is 4.90 Å². The second kappa shape index (κ2) is 18.7. The summed E-state index contributed by atoms with van der Waals surface area (Å²) in [5.41, 5.74) is 2.77. The molecule has 0 saturated heterocycles. The first kappa shape index (κ1) is 26.4. The van der Waals surface area contributed by atoms with E-state index in [0.29, 0.717) is 18.8 Å². The number of aliphatic carboxylic acids is 2. The summed E-state index contributed by atoms with van der Waals surface area (Å²) in [5, 5.41) is 21.0. The highest BCUT2D eigenvalue weighted by atomic mass is 16.6. The number of rotatable bonds is 21. The molecule has 0 aromatic heterocycles. The van der Waals surface area contributed by atoms with Gasteiger partial charge in [0.1, 0.15) is 5.76 Å². The summed E-state index contributed by atoms with van der Waals surface area (Å²) in [4.78, 5) is 28.0. The zero-order valence-electron chi connectivity index (χ0n) is 17.2. The molecular formula is C20H36N2O6-2. The van der Waals surface area contributed by atoms with Crippen molar-refractivity contribution in [2.45, 2.75) is 64.7 Å². The standard InChI is InChI=1S/C20H38N2O6/c1-3-4-5-6-7-8-9-10-11-18(2)28-21-12-13-22(16-19(23)24)14-15-27-17-20(25)26/h21H,2-17H2,1H3,(H,23,24)(H,25,26)/p-2. The molecular weight excluding hydrogens is 364 g/mol. The van der Waals surface area contributed by atoms with E-state index in [2.05, 4.69) is 19.0 Å². The SMILES string of the molecule is C=C(CCCCCCCCCC)ONCCN(CCOCC(=O)[O-])CC(=O)[O-]. The van der Waals surface area contributed by atoms with E-state index >= 15 is 0 Å². The first-order valence-corrected chi connectivity index (χ1v) is 10.2. The molecule has 28 heavy (non-hydrogen) atoms. The van der Waals surface area contributed by atoms with E-state index in [9.17, 15) is 19.8 Å². The van der Waals surface area contributed by atoms with Crippen LogP contribution in [0, 0.1) is 0 Å². The molecule has 1 N–H and O–H groups in total. The summed E-state index contributed by atoms with van der Waals surface area (Å²) < 4.78 is 4.86. The van der Waals surface area contributed by atoms with Gasteiger partial charge in [0.05, 0.1) is 25.2 Å². The van der Waals surface area contributed by atoms with Crippen molar-refractivity contribution in [2.24, 2.45) is 0 Å². The van der Waals surface area contributed by atoms with Crippen molar-refractivity contribution >= 4 is 11.9 Å². The first-order chi connectivity index (χ1) is 13.5. The normalized spacial score (nSPS) is 10.9. The maximum Gasteiger partial charge on any atom is 0.117 e. The molecule has 164 valence electrons. The quantitative estimate of drug-likeness (QED) is 0.167. The van der Waals surface area contributed by atoms with Crippen molar-refractivity contribution in [2.75, 3.05) is 39.4 Å². The molecule has 0 aliphatic carbocycles. The lowest BCUT2D eigenvalue weighted by atomic mass is 10.1. The minimum absolute atomic E-state index is 0.0905. The lowest BCUT2D eigenvalue weighted by Crippen LogP contribution is -2.42. The summed E-state index contributed by atoms with van der Waals surface area (Å²) in [6.45, 7) is 6.44. The van der Waals surface area contributed by atoms with Gasteiger partial charge in [0.2, 0.25) is 0 Å². The number of unbranched alkanes of at least 4 members (excludes halogenated alkanes) is 7. The zero-order valence-corrected chi connectivity index (χ0v) is 17.2. The van der Waals surface area contributed by atoms with Crippen LogP contribution in [0.2, 0.25) is 0 Å².